The van der Waals surface area contributed by atoms with Crippen LogP contribution in [0.5, 0.6) is 17.2 Å². The number of ether oxygens (including phenoxy) is 3. The van der Waals surface area contributed by atoms with Crippen LogP contribution >= 0.6 is 11.6 Å². The van der Waals surface area contributed by atoms with E-state index in [1.165, 1.54) is 21.3 Å². The topological polar surface area (TPSA) is 65.0 Å². The highest BCUT2D eigenvalue weighted by atomic mass is 35.5. The van der Waals surface area contributed by atoms with E-state index in [0.717, 1.165) is 12.8 Å². The summed E-state index contributed by atoms with van der Waals surface area (Å²) < 4.78 is 15.9. The standard InChI is InChI=1S/C15H19ClO5/c1-19-10-8-9(12(20-2)11(16)13(10)21-3)15(14(17)18)6-4-5-7-15/h8H,4-7H2,1-3H3,(H,17,18). The lowest BCUT2D eigenvalue weighted by Crippen LogP contribution is -2.33. The van der Waals surface area contributed by atoms with Crippen LogP contribution in [-0.2, 0) is 10.2 Å². The molecule has 116 valence electrons. The zero-order valence-electron chi connectivity index (χ0n) is 12.4. The highest BCUT2D eigenvalue weighted by molar-refractivity contribution is 6.34. The predicted octanol–water partition coefficient (Wildman–Crippen LogP) is 3.26. The van der Waals surface area contributed by atoms with Gasteiger partial charge in [0.2, 0.25) is 0 Å². The molecule has 1 N–H and O–H groups in total. The Morgan fingerprint density at radius 3 is 2.14 bits per heavy atom. The van der Waals surface area contributed by atoms with E-state index in [1.807, 2.05) is 0 Å². The fourth-order valence-electron chi connectivity index (χ4n) is 3.07. The van der Waals surface area contributed by atoms with E-state index < -0.39 is 11.4 Å². The summed E-state index contributed by atoms with van der Waals surface area (Å²) in [6.45, 7) is 0. The molecule has 5 nitrogen and oxygen atoms in total. The van der Waals surface area contributed by atoms with Gasteiger partial charge in [-0.2, -0.15) is 0 Å². The zero-order chi connectivity index (χ0) is 15.6. The molecule has 0 unspecified atom stereocenters. The number of carboxylic acid groups (broad SMARTS) is 1. The van der Waals surface area contributed by atoms with E-state index in [1.54, 1.807) is 6.07 Å². The highest BCUT2D eigenvalue weighted by Crippen LogP contribution is 2.52. The Bertz CT molecular complexity index is 549. The van der Waals surface area contributed by atoms with Crippen LogP contribution in [0.4, 0.5) is 0 Å². The van der Waals surface area contributed by atoms with Crippen molar-refractivity contribution in [1.82, 2.24) is 0 Å². The van der Waals surface area contributed by atoms with Crippen molar-refractivity contribution in [3.63, 3.8) is 0 Å². The van der Waals surface area contributed by atoms with Crippen molar-refractivity contribution in [3.8, 4) is 17.2 Å². The van der Waals surface area contributed by atoms with Crippen LogP contribution in [0.2, 0.25) is 5.02 Å². The summed E-state index contributed by atoms with van der Waals surface area (Å²) >= 11 is 6.32. The maximum absolute atomic E-state index is 11.9. The van der Waals surface area contributed by atoms with Gasteiger partial charge in [0.25, 0.3) is 0 Å². The predicted molar refractivity (Wildman–Crippen MR) is 78.9 cm³/mol. The molecule has 0 saturated heterocycles. The quantitative estimate of drug-likeness (QED) is 0.903. The van der Waals surface area contributed by atoms with Gasteiger partial charge in [0.05, 0.1) is 26.7 Å². The molecule has 1 aromatic carbocycles. The Morgan fingerprint density at radius 1 is 1.14 bits per heavy atom. The molecule has 0 radical (unpaired) electrons. The first kappa shape index (κ1) is 15.8. The zero-order valence-corrected chi connectivity index (χ0v) is 13.1. The molecule has 0 spiro atoms. The Morgan fingerprint density at radius 2 is 1.71 bits per heavy atom. The lowest BCUT2D eigenvalue weighted by Gasteiger charge is -2.28. The van der Waals surface area contributed by atoms with Gasteiger partial charge in [-0.15, -0.1) is 0 Å². The molecule has 0 heterocycles. The Kier molecular flexibility index (Phi) is 4.52. The normalized spacial score (nSPS) is 16.6. The summed E-state index contributed by atoms with van der Waals surface area (Å²) in [5.74, 6) is 0.240. The minimum Gasteiger partial charge on any atom is -0.495 e. The molecule has 1 aliphatic carbocycles. The van der Waals surface area contributed by atoms with Gasteiger partial charge in [-0.05, 0) is 18.9 Å². The number of carbonyl (C=O) groups is 1. The lowest BCUT2D eigenvalue weighted by atomic mass is 9.78. The summed E-state index contributed by atoms with van der Waals surface area (Å²) in [5.41, 5.74) is -0.424. The molecule has 0 amide bonds. The fourth-order valence-corrected chi connectivity index (χ4v) is 3.41. The largest absolute Gasteiger partial charge is 0.495 e. The Hall–Kier alpha value is -1.62. The third-order valence-corrected chi connectivity index (χ3v) is 4.50. The molecule has 1 aliphatic rings. The molecule has 0 aromatic heterocycles. The van der Waals surface area contributed by atoms with Gasteiger partial charge in [0, 0.05) is 5.56 Å². The molecule has 21 heavy (non-hydrogen) atoms. The number of aliphatic carboxylic acids is 1. The first-order valence-corrected chi connectivity index (χ1v) is 7.12. The molecule has 0 bridgehead atoms. The fraction of sp³-hybridized carbons (Fsp3) is 0.533. The molecule has 6 heteroatoms. The van der Waals surface area contributed by atoms with Gasteiger partial charge in [-0.25, -0.2) is 0 Å². The first-order valence-electron chi connectivity index (χ1n) is 6.74. The third-order valence-electron chi connectivity index (χ3n) is 4.15. The number of methoxy groups -OCH3 is 3. The van der Waals surface area contributed by atoms with Crippen molar-refractivity contribution in [2.75, 3.05) is 21.3 Å². The summed E-state index contributed by atoms with van der Waals surface area (Å²) in [5, 5.41) is 9.99. The van der Waals surface area contributed by atoms with E-state index in [9.17, 15) is 9.90 Å². The van der Waals surface area contributed by atoms with Gasteiger partial charge in [-0.3, -0.25) is 4.79 Å². The van der Waals surface area contributed by atoms with E-state index in [2.05, 4.69) is 0 Å². The number of halogens is 1. The van der Waals surface area contributed by atoms with Gasteiger partial charge < -0.3 is 19.3 Å². The van der Waals surface area contributed by atoms with Crippen LogP contribution in [0.3, 0.4) is 0 Å². The van der Waals surface area contributed by atoms with Crippen molar-refractivity contribution in [2.24, 2.45) is 0 Å². The smallest absolute Gasteiger partial charge is 0.314 e. The molecular formula is C15H19ClO5. The summed E-state index contributed by atoms with van der Waals surface area (Å²) in [6, 6.07) is 1.67. The average molecular weight is 315 g/mol. The third kappa shape index (κ3) is 2.39. The van der Waals surface area contributed by atoms with Gasteiger partial charge in [0.15, 0.2) is 11.5 Å². The van der Waals surface area contributed by atoms with E-state index in [4.69, 9.17) is 25.8 Å². The number of carboxylic acids is 1. The van der Waals surface area contributed by atoms with Gasteiger partial charge >= 0.3 is 5.97 Å². The maximum atomic E-state index is 11.9. The summed E-state index contributed by atoms with van der Waals surface area (Å²) in [7, 11) is 4.44. The number of benzene rings is 1. The Balaban J connectivity index is 2.73. The molecule has 2 rings (SSSR count). The minimum absolute atomic E-state index is 0.238. The van der Waals surface area contributed by atoms with E-state index in [0.29, 0.717) is 35.7 Å². The molecule has 0 atom stereocenters. The summed E-state index contributed by atoms with van der Waals surface area (Å²) in [6.07, 6.45) is 2.85. The molecule has 1 saturated carbocycles. The van der Waals surface area contributed by atoms with E-state index in [-0.39, 0.29) is 5.02 Å². The maximum Gasteiger partial charge on any atom is 0.314 e. The first-order chi connectivity index (χ1) is 10.0. The van der Waals surface area contributed by atoms with E-state index >= 15 is 0 Å². The van der Waals surface area contributed by atoms with Crippen molar-refractivity contribution in [3.05, 3.63) is 16.7 Å². The van der Waals surface area contributed by atoms with Crippen molar-refractivity contribution < 1.29 is 24.1 Å². The van der Waals surface area contributed by atoms with Crippen LogP contribution in [0, 0.1) is 0 Å². The minimum atomic E-state index is -0.978. The second kappa shape index (κ2) is 6.02. The van der Waals surface area contributed by atoms with Crippen molar-refractivity contribution >= 4 is 17.6 Å². The number of hydrogen-bond acceptors (Lipinski definition) is 4. The van der Waals surface area contributed by atoms with Crippen LogP contribution in [-0.4, -0.2) is 32.4 Å². The molecule has 1 aromatic rings. The van der Waals surface area contributed by atoms with Gasteiger partial charge in [0.1, 0.15) is 10.8 Å². The van der Waals surface area contributed by atoms with Gasteiger partial charge in [-0.1, -0.05) is 24.4 Å². The second-order valence-electron chi connectivity index (χ2n) is 5.10. The summed E-state index contributed by atoms with van der Waals surface area (Å²) in [4.78, 5) is 11.9. The number of hydrogen-bond donors (Lipinski definition) is 1. The highest BCUT2D eigenvalue weighted by Gasteiger charge is 2.46. The SMILES string of the molecule is COc1cc(C2(C(=O)O)CCCC2)c(OC)c(Cl)c1OC. The number of rotatable bonds is 5. The van der Waals surface area contributed by atoms with Crippen LogP contribution in [0.15, 0.2) is 6.07 Å². The second-order valence-corrected chi connectivity index (χ2v) is 5.48. The Labute approximate surface area is 128 Å². The monoisotopic (exact) mass is 314 g/mol. The van der Waals surface area contributed by atoms with Crippen molar-refractivity contribution in [1.29, 1.82) is 0 Å². The molecule has 1 fully saturated rings. The van der Waals surface area contributed by atoms with Crippen LogP contribution < -0.4 is 14.2 Å². The van der Waals surface area contributed by atoms with Crippen molar-refractivity contribution in [2.45, 2.75) is 31.1 Å². The molecule has 0 aliphatic heterocycles. The van der Waals surface area contributed by atoms with Crippen LogP contribution in [0.1, 0.15) is 31.2 Å². The average Bonchev–Trinajstić information content (AvgIpc) is 2.96. The molecular weight excluding hydrogens is 296 g/mol. The van der Waals surface area contributed by atoms with Crippen LogP contribution in [0.25, 0.3) is 0 Å². The lowest BCUT2D eigenvalue weighted by molar-refractivity contribution is -0.143.